The number of halogens is 1. The number of carbonyl (C=O) groups excluding carboxylic acids is 1. The zero-order valence-electron chi connectivity index (χ0n) is 11.9. The first-order chi connectivity index (χ1) is 10.6. The number of aliphatic hydroxyl groups is 1. The van der Waals surface area contributed by atoms with Crippen LogP contribution in [0.3, 0.4) is 0 Å². The molecule has 0 spiro atoms. The largest absolute Gasteiger partial charge is 0.496 e. The summed E-state index contributed by atoms with van der Waals surface area (Å²) in [6.45, 7) is 0. The minimum Gasteiger partial charge on any atom is -0.496 e. The van der Waals surface area contributed by atoms with Crippen molar-refractivity contribution >= 4 is 28.1 Å². The Labute approximate surface area is 136 Å². The van der Waals surface area contributed by atoms with Crippen LogP contribution in [0.4, 0.5) is 0 Å². The summed E-state index contributed by atoms with van der Waals surface area (Å²) in [4.78, 5) is 11.8. The van der Waals surface area contributed by atoms with E-state index in [1.165, 1.54) is 6.21 Å². The number of hydrogen-bond acceptors (Lipinski definition) is 4. The van der Waals surface area contributed by atoms with Crippen LogP contribution in [0.25, 0.3) is 0 Å². The molecule has 2 aromatic rings. The number of carbonyl (C=O) groups is 1. The van der Waals surface area contributed by atoms with E-state index in [0.717, 1.165) is 4.47 Å². The molecular formula is C16H15BrN2O3. The second-order valence-corrected chi connectivity index (χ2v) is 5.35. The number of nitrogens with one attached hydrogen (secondary N) is 1. The van der Waals surface area contributed by atoms with E-state index in [1.807, 2.05) is 18.2 Å². The summed E-state index contributed by atoms with van der Waals surface area (Å²) in [6, 6.07) is 14.1. The van der Waals surface area contributed by atoms with Crippen molar-refractivity contribution in [3.8, 4) is 5.75 Å². The molecule has 0 radical (unpaired) electrons. The fourth-order valence-electron chi connectivity index (χ4n) is 1.82. The third kappa shape index (κ3) is 4.16. The van der Waals surface area contributed by atoms with Crippen molar-refractivity contribution in [2.45, 2.75) is 6.10 Å². The summed E-state index contributed by atoms with van der Waals surface area (Å²) in [6.07, 6.45) is 0.196. The van der Waals surface area contributed by atoms with E-state index >= 15 is 0 Å². The lowest BCUT2D eigenvalue weighted by Crippen LogP contribution is -2.25. The van der Waals surface area contributed by atoms with E-state index in [9.17, 15) is 9.90 Å². The summed E-state index contributed by atoms with van der Waals surface area (Å²) in [5.41, 5.74) is 3.52. The summed E-state index contributed by atoms with van der Waals surface area (Å²) in [5, 5.41) is 13.8. The highest BCUT2D eigenvalue weighted by Gasteiger charge is 2.16. The third-order valence-corrected chi connectivity index (χ3v) is 3.43. The summed E-state index contributed by atoms with van der Waals surface area (Å²) in [5.74, 6) is 0.0289. The Morgan fingerprint density at radius 2 is 2.05 bits per heavy atom. The van der Waals surface area contributed by atoms with E-state index in [4.69, 9.17) is 4.74 Å². The molecule has 0 fully saturated rings. The van der Waals surface area contributed by atoms with Crippen molar-refractivity contribution in [2.75, 3.05) is 7.11 Å². The monoisotopic (exact) mass is 362 g/mol. The van der Waals surface area contributed by atoms with Crippen LogP contribution in [0.1, 0.15) is 17.2 Å². The van der Waals surface area contributed by atoms with Crippen molar-refractivity contribution in [1.29, 1.82) is 0 Å². The molecule has 2 N–H and O–H groups in total. The van der Waals surface area contributed by atoms with Crippen molar-refractivity contribution in [1.82, 2.24) is 5.43 Å². The van der Waals surface area contributed by atoms with Crippen LogP contribution >= 0.6 is 15.9 Å². The Hall–Kier alpha value is -2.18. The highest BCUT2D eigenvalue weighted by atomic mass is 79.9. The lowest BCUT2D eigenvalue weighted by atomic mass is 10.1. The van der Waals surface area contributed by atoms with E-state index in [1.54, 1.807) is 37.4 Å². The molecule has 0 unspecified atom stereocenters. The van der Waals surface area contributed by atoms with Crippen LogP contribution in [0.5, 0.6) is 5.75 Å². The number of amides is 1. The van der Waals surface area contributed by atoms with E-state index in [2.05, 4.69) is 26.5 Å². The van der Waals surface area contributed by atoms with Gasteiger partial charge in [-0.15, -0.1) is 0 Å². The molecular weight excluding hydrogens is 348 g/mol. The minimum absolute atomic E-state index is 0.509. The number of ether oxygens (including phenoxy) is 1. The maximum atomic E-state index is 11.8. The van der Waals surface area contributed by atoms with Gasteiger partial charge in [0.25, 0.3) is 5.91 Å². The van der Waals surface area contributed by atoms with Gasteiger partial charge in [-0.2, -0.15) is 5.10 Å². The second kappa shape index (κ2) is 7.72. The maximum Gasteiger partial charge on any atom is 0.273 e. The van der Waals surface area contributed by atoms with Crippen LogP contribution in [-0.2, 0) is 4.79 Å². The molecule has 22 heavy (non-hydrogen) atoms. The minimum atomic E-state index is -1.26. The number of nitrogens with zero attached hydrogens (tertiary/aromatic N) is 1. The SMILES string of the molecule is COc1ccc(Br)cc1C=NNC(=O)[C@@H](O)c1ccccc1. The van der Waals surface area contributed by atoms with Crippen molar-refractivity contribution in [3.05, 3.63) is 64.1 Å². The average molecular weight is 363 g/mol. The predicted molar refractivity (Wildman–Crippen MR) is 87.8 cm³/mol. The zero-order valence-corrected chi connectivity index (χ0v) is 13.4. The maximum absolute atomic E-state index is 11.8. The number of rotatable bonds is 5. The van der Waals surface area contributed by atoms with Crippen LogP contribution in [0.15, 0.2) is 58.1 Å². The van der Waals surface area contributed by atoms with Gasteiger partial charge in [-0.25, -0.2) is 5.43 Å². The van der Waals surface area contributed by atoms with Gasteiger partial charge >= 0.3 is 0 Å². The molecule has 2 aromatic carbocycles. The third-order valence-electron chi connectivity index (χ3n) is 2.93. The molecule has 0 aliphatic rings. The van der Waals surface area contributed by atoms with Gasteiger partial charge in [-0.05, 0) is 23.8 Å². The smallest absolute Gasteiger partial charge is 0.273 e. The molecule has 0 saturated carbocycles. The van der Waals surface area contributed by atoms with Crippen molar-refractivity contribution in [3.63, 3.8) is 0 Å². The number of benzene rings is 2. The summed E-state index contributed by atoms with van der Waals surface area (Å²) in [7, 11) is 1.55. The van der Waals surface area contributed by atoms with Crippen LogP contribution in [0, 0.1) is 0 Å². The number of aliphatic hydroxyl groups excluding tert-OH is 1. The van der Waals surface area contributed by atoms with Crippen LogP contribution in [-0.4, -0.2) is 24.3 Å². The van der Waals surface area contributed by atoms with Gasteiger partial charge < -0.3 is 9.84 Å². The number of hydrogen-bond donors (Lipinski definition) is 2. The van der Waals surface area contributed by atoms with Gasteiger partial charge in [0.05, 0.1) is 13.3 Å². The summed E-state index contributed by atoms with van der Waals surface area (Å²) >= 11 is 3.36. The van der Waals surface area contributed by atoms with Gasteiger partial charge in [0.2, 0.25) is 0 Å². The average Bonchev–Trinajstić information content (AvgIpc) is 2.55. The Bertz CT molecular complexity index is 674. The highest BCUT2D eigenvalue weighted by molar-refractivity contribution is 9.10. The summed E-state index contributed by atoms with van der Waals surface area (Å²) < 4.78 is 6.07. The first kappa shape index (κ1) is 16.2. The Morgan fingerprint density at radius 1 is 1.32 bits per heavy atom. The van der Waals surface area contributed by atoms with Gasteiger partial charge in [-0.3, -0.25) is 4.79 Å². The van der Waals surface area contributed by atoms with Crippen molar-refractivity contribution in [2.24, 2.45) is 5.10 Å². The molecule has 6 heteroatoms. The zero-order chi connectivity index (χ0) is 15.9. The molecule has 0 bridgehead atoms. The van der Waals surface area contributed by atoms with Gasteiger partial charge in [0.1, 0.15) is 5.75 Å². The van der Waals surface area contributed by atoms with Crippen molar-refractivity contribution < 1.29 is 14.6 Å². The van der Waals surface area contributed by atoms with E-state index in [0.29, 0.717) is 16.9 Å². The molecule has 1 atom stereocenters. The highest BCUT2D eigenvalue weighted by Crippen LogP contribution is 2.21. The fraction of sp³-hybridized carbons (Fsp3) is 0.125. The normalized spacial score (nSPS) is 12.1. The van der Waals surface area contributed by atoms with Gasteiger partial charge in [-0.1, -0.05) is 46.3 Å². The molecule has 2 rings (SSSR count). The lowest BCUT2D eigenvalue weighted by Gasteiger charge is -2.09. The molecule has 0 heterocycles. The molecule has 0 aromatic heterocycles. The first-order valence-electron chi connectivity index (χ1n) is 6.51. The molecule has 0 saturated heterocycles. The first-order valence-corrected chi connectivity index (χ1v) is 7.30. The second-order valence-electron chi connectivity index (χ2n) is 4.43. The number of methoxy groups -OCH3 is 1. The molecule has 0 aliphatic heterocycles. The van der Waals surface area contributed by atoms with Crippen LogP contribution in [0.2, 0.25) is 0 Å². The standard InChI is InChI=1S/C16H15BrN2O3/c1-22-14-8-7-13(17)9-12(14)10-18-19-16(21)15(20)11-5-3-2-4-6-11/h2-10,15,20H,1H3,(H,19,21)/t15-/m0/s1. The quantitative estimate of drug-likeness (QED) is 0.634. The van der Waals surface area contributed by atoms with Gasteiger partial charge in [0.15, 0.2) is 6.10 Å². The Balaban J connectivity index is 2.03. The van der Waals surface area contributed by atoms with E-state index in [-0.39, 0.29) is 0 Å². The number of hydrazone groups is 1. The van der Waals surface area contributed by atoms with Gasteiger partial charge in [0, 0.05) is 10.0 Å². The molecule has 0 aliphatic carbocycles. The Morgan fingerprint density at radius 3 is 2.73 bits per heavy atom. The lowest BCUT2D eigenvalue weighted by molar-refractivity contribution is -0.129. The predicted octanol–water partition coefficient (Wildman–Crippen LogP) is 2.64. The molecule has 5 nitrogen and oxygen atoms in total. The topological polar surface area (TPSA) is 70.9 Å². The van der Waals surface area contributed by atoms with Crippen LogP contribution < -0.4 is 10.2 Å². The molecule has 114 valence electrons. The molecule has 1 amide bonds. The Kier molecular flexibility index (Phi) is 5.68. The fourth-order valence-corrected chi connectivity index (χ4v) is 2.20. The van der Waals surface area contributed by atoms with E-state index < -0.39 is 12.0 Å².